The van der Waals surface area contributed by atoms with Crippen molar-refractivity contribution in [2.24, 2.45) is 0 Å². The fourth-order valence-electron chi connectivity index (χ4n) is 2.35. The molecule has 0 unspecified atom stereocenters. The van der Waals surface area contributed by atoms with E-state index in [1.807, 2.05) is 13.8 Å². The minimum Gasteiger partial charge on any atom is -0.496 e. The average Bonchev–Trinajstić information content (AvgIpc) is 2.67. The molecular formula is C20H22O6. The summed E-state index contributed by atoms with van der Waals surface area (Å²) in [6, 6.07) is 11.5. The first kappa shape index (κ1) is 19.3. The lowest BCUT2D eigenvalue weighted by Crippen LogP contribution is -2.15. The van der Waals surface area contributed by atoms with E-state index in [0.717, 1.165) is 0 Å². The van der Waals surface area contributed by atoms with Crippen LogP contribution in [0, 0.1) is 0 Å². The number of methoxy groups -OCH3 is 1. The highest BCUT2D eigenvalue weighted by Crippen LogP contribution is 2.29. The largest absolute Gasteiger partial charge is 0.496 e. The molecule has 0 spiro atoms. The van der Waals surface area contributed by atoms with Crippen LogP contribution in [0.2, 0.25) is 0 Å². The summed E-state index contributed by atoms with van der Waals surface area (Å²) in [4.78, 5) is 24.5. The predicted octanol–water partition coefficient (Wildman–Crippen LogP) is 3.53. The summed E-state index contributed by atoms with van der Waals surface area (Å²) in [6.45, 7) is 4.24. The smallest absolute Gasteiger partial charge is 0.338 e. The van der Waals surface area contributed by atoms with Gasteiger partial charge in [-0.1, -0.05) is 12.1 Å². The van der Waals surface area contributed by atoms with Gasteiger partial charge in [0.05, 0.1) is 31.5 Å². The minimum absolute atomic E-state index is 0.282. The number of esters is 1. The van der Waals surface area contributed by atoms with E-state index < -0.39 is 5.97 Å². The molecule has 6 heteroatoms. The van der Waals surface area contributed by atoms with Gasteiger partial charge in [0.15, 0.2) is 18.1 Å². The minimum atomic E-state index is -0.614. The maximum absolute atomic E-state index is 12.3. The summed E-state index contributed by atoms with van der Waals surface area (Å²) in [5.74, 6) is 0.494. The van der Waals surface area contributed by atoms with Gasteiger partial charge in [-0.2, -0.15) is 0 Å². The van der Waals surface area contributed by atoms with Crippen molar-refractivity contribution in [1.29, 1.82) is 0 Å². The highest BCUT2D eigenvalue weighted by atomic mass is 16.5. The summed E-state index contributed by atoms with van der Waals surface area (Å²) < 4.78 is 21.2. The van der Waals surface area contributed by atoms with Crippen LogP contribution in [-0.4, -0.2) is 38.7 Å². The van der Waals surface area contributed by atoms with Gasteiger partial charge in [-0.3, -0.25) is 4.79 Å². The Morgan fingerprint density at radius 3 is 2.27 bits per heavy atom. The second-order valence-corrected chi connectivity index (χ2v) is 5.23. The molecule has 2 aromatic carbocycles. The molecule has 6 nitrogen and oxygen atoms in total. The van der Waals surface area contributed by atoms with Gasteiger partial charge in [0.2, 0.25) is 5.78 Å². The van der Waals surface area contributed by atoms with E-state index in [9.17, 15) is 9.59 Å². The van der Waals surface area contributed by atoms with Crippen LogP contribution < -0.4 is 14.2 Å². The molecule has 0 aliphatic heterocycles. The van der Waals surface area contributed by atoms with Gasteiger partial charge < -0.3 is 18.9 Å². The number of Topliss-reactive ketones (excluding diaryl/α,β-unsaturated/α-hetero) is 1. The van der Waals surface area contributed by atoms with Gasteiger partial charge in [0.25, 0.3) is 0 Å². The third-order valence-corrected chi connectivity index (χ3v) is 3.52. The summed E-state index contributed by atoms with van der Waals surface area (Å²) in [7, 11) is 1.48. The summed E-state index contributed by atoms with van der Waals surface area (Å²) in [6.07, 6.45) is 0. The van der Waals surface area contributed by atoms with Crippen molar-refractivity contribution < 1.29 is 28.5 Å². The van der Waals surface area contributed by atoms with Crippen molar-refractivity contribution in [1.82, 2.24) is 0 Å². The molecule has 0 fully saturated rings. The van der Waals surface area contributed by atoms with E-state index in [2.05, 4.69) is 0 Å². The molecule has 26 heavy (non-hydrogen) atoms. The molecule has 2 aromatic rings. The Labute approximate surface area is 152 Å². The molecule has 2 rings (SSSR count). The number of hydrogen-bond donors (Lipinski definition) is 0. The summed E-state index contributed by atoms with van der Waals surface area (Å²) in [5, 5.41) is 0. The fraction of sp³-hybridized carbons (Fsp3) is 0.300. The number of carbonyl (C=O) groups is 2. The Hall–Kier alpha value is -3.02. The Kier molecular flexibility index (Phi) is 7.02. The van der Waals surface area contributed by atoms with Gasteiger partial charge in [0.1, 0.15) is 5.75 Å². The first-order valence-electron chi connectivity index (χ1n) is 8.33. The zero-order chi connectivity index (χ0) is 18.9. The zero-order valence-electron chi connectivity index (χ0n) is 15.1. The molecule has 0 amide bonds. The zero-order valence-corrected chi connectivity index (χ0v) is 15.1. The predicted molar refractivity (Wildman–Crippen MR) is 96.4 cm³/mol. The van der Waals surface area contributed by atoms with Crippen LogP contribution in [0.1, 0.15) is 34.6 Å². The lowest BCUT2D eigenvalue weighted by Gasteiger charge is -2.12. The maximum atomic E-state index is 12.3. The van der Waals surface area contributed by atoms with Crippen LogP contribution in [0.15, 0.2) is 42.5 Å². The molecule has 0 bridgehead atoms. The molecule has 0 saturated heterocycles. The number of hydrogen-bond acceptors (Lipinski definition) is 6. The number of para-hydroxylation sites is 1. The third kappa shape index (κ3) is 4.75. The average molecular weight is 358 g/mol. The van der Waals surface area contributed by atoms with E-state index >= 15 is 0 Å². The quantitative estimate of drug-likeness (QED) is 0.504. The molecule has 0 aliphatic rings. The van der Waals surface area contributed by atoms with Crippen molar-refractivity contribution in [3.63, 3.8) is 0 Å². The molecular weight excluding hydrogens is 336 g/mol. The van der Waals surface area contributed by atoms with Gasteiger partial charge in [-0.15, -0.1) is 0 Å². The monoisotopic (exact) mass is 358 g/mol. The number of carbonyl (C=O) groups excluding carboxylic acids is 2. The standard InChI is InChI=1S/C20H22O6/c1-4-24-18-11-10-14(12-19(18)25-5-2)20(22)26-13-16(21)15-8-6-7-9-17(15)23-3/h6-12H,4-5,13H2,1-3H3. The first-order chi connectivity index (χ1) is 12.6. The van der Waals surface area contributed by atoms with Crippen molar-refractivity contribution >= 4 is 11.8 Å². The highest BCUT2D eigenvalue weighted by molar-refractivity contribution is 6.01. The van der Waals surface area contributed by atoms with Gasteiger partial charge >= 0.3 is 5.97 Å². The van der Waals surface area contributed by atoms with Crippen LogP contribution in [0.3, 0.4) is 0 Å². The van der Waals surface area contributed by atoms with E-state index in [1.54, 1.807) is 42.5 Å². The Morgan fingerprint density at radius 1 is 0.885 bits per heavy atom. The SMILES string of the molecule is CCOc1ccc(C(=O)OCC(=O)c2ccccc2OC)cc1OCC. The first-order valence-corrected chi connectivity index (χ1v) is 8.33. The lowest BCUT2D eigenvalue weighted by atomic mass is 10.1. The summed E-state index contributed by atoms with van der Waals surface area (Å²) >= 11 is 0. The molecule has 138 valence electrons. The molecule has 0 aliphatic carbocycles. The van der Waals surface area contributed by atoms with E-state index in [0.29, 0.717) is 36.0 Å². The topological polar surface area (TPSA) is 71.1 Å². The molecule has 0 heterocycles. The van der Waals surface area contributed by atoms with Gasteiger partial charge in [-0.05, 0) is 44.2 Å². The van der Waals surface area contributed by atoms with Crippen LogP contribution in [0.5, 0.6) is 17.2 Å². The molecule has 0 atom stereocenters. The number of rotatable bonds is 9. The second-order valence-electron chi connectivity index (χ2n) is 5.23. The molecule has 0 saturated carbocycles. The number of ketones is 1. The van der Waals surface area contributed by atoms with E-state index in [-0.39, 0.29) is 18.0 Å². The Bertz CT molecular complexity index is 769. The van der Waals surface area contributed by atoms with E-state index in [1.165, 1.54) is 7.11 Å². The van der Waals surface area contributed by atoms with Gasteiger partial charge in [0, 0.05) is 0 Å². The summed E-state index contributed by atoms with van der Waals surface area (Å²) in [5.41, 5.74) is 0.647. The van der Waals surface area contributed by atoms with Crippen LogP contribution >= 0.6 is 0 Å². The number of benzene rings is 2. The van der Waals surface area contributed by atoms with E-state index in [4.69, 9.17) is 18.9 Å². The van der Waals surface area contributed by atoms with Gasteiger partial charge in [-0.25, -0.2) is 4.79 Å². The molecule has 0 aromatic heterocycles. The lowest BCUT2D eigenvalue weighted by molar-refractivity contribution is 0.0473. The van der Waals surface area contributed by atoms with Crippen LogP contribution in [-0.2, 0) is 4.74 Å². The van der Waals surface area contributed by atoms with Crippen LogP contribution in [0.25, 0.3) is 0 Å². The maximum Gasteiger partial charge on any atom is 0.338 e. The van der Waals surface area contributed by atoms with Crippen molar-refractivity contribution in [3.05, 3.63) is 53.6 Å². The number of ether oxygens (including phenoxy) is 4. The second kappa shape index (κ2) is 9.46. The van der Waals surface area contributed by atoms with Crippen molar-refractivity contribution in [2.75, 3.05) is 26.9 Å². The third-order valence-electron chi connectivity index (χ3n) is 3.52. The normalized spacial score (nSPS) is 10.1. The Morgan fingerprint density at radius 2 is 1.58 bits per heavy atom. The Balaban J connectivity index is 2.07. The molecule has 0 N–H and O–H groups in total. The fourth-order valence-corrected chi connectivity index (χ4v) is 2.35. The molecule has 0 radical (unpaired) electrons. The van der Waals surface area contributed by atoms with Crippen LogP contribution in [0.4, 0.5) is 0 Å². The van der Waals surface area contributed by atoms with Crippen molar-refractivity contribution in [2.45, 2.75) is 13.8 Å². The highest BCUT2D eigenvalue weighted by Gasteiger charge is 2.17. The van der Waals surface area contributed by atoms with Crippen molar-refractivity contribution in [3.8, 4) is 17.2 Å².